The van der Waals surface area contributed by atoms with E-state index in [4.69, 9.17) is 0 Å². The molecule has 2 heterocycles. The first kappa shape index (κ1) is 16.5. The SMILES string of the molecule is CSc1sc(=O)sc1SCSc1sc(=O)sc1SC. The van der Waals surface area contributed by atoms with E-state index in [9.17, 15) is 9.59 Å². The van der Waals surface area contributed by atoms with Gasteiger partial charge >= 0.3 is 0 Å². The van der Waals surface area contributed by atoms with Gasteiger partial charge in [-0.15, -0.1) is 47.0 Å². The number of hydrogen-bond donors (Lipinski definition) is 0. The summed E-state index contributed by atoms with van der Waals surface area (Å²) in [6.45, 7) is 0. The van der Waals surface area contributed by atoms with Gasteiger partial charge in [-0.3, -0.25) is 9.59 Å². The Morgan fingerprint density at radius 1 is 0.737 bits per heavy atom. The van der Waals surface area contributed by atoms with Crippen LogP contribution in [0.3, 0.4) is 0 Å². The minimum Gasteiger partial charge on any atom is -0.265 e. The maximum Gasteiger partial charge on any atom is 0.289 e. The largest absolute Gasteiger partial charge is 0.289 e. The molecule has 0 saturated heterocycles. The van der Waals surface area contributed by atoms with Gasteiger partial charge in [0, 0.05) is 0 Å². The smallest absolute Gasteiger partial charge is 0.265 e. The third-order valence-corrected chi connectivity index (χ3v) is 11.8. The Morgan fingerprint density at radius 3 is 1.47 bits per heavy atom. The van der Waals surface area contributed by atoms with E-state index < -0.39 is 0 Å². The molecule has 0 aliphatic heterocycles. The fraction of sp³-hybridized carbons (Fsp3) is 0.333. The van der Waals surface area contributed by atoms with Gasteiger partial charge in [0.05, 0.1) is 21.9 Å². The lowest BCUT2D eigenvalue weighted by Gasteiger charge is -2.00. The summed E-state index contributed by atoms with van der Waals surface area (Å²) in [5.74, 6) is 0. The molecule has 0 unspecified atom stereocenters. The van der Waals surface area contributed by atoms with Crippen LogP contribution in [0.4, 0.5) is 0 Å². The molecule has 10 heteroatoms. The molecule has 0 bridgehead atoms. The van der Waals surface area contributed by atoms with E-state index in [1.54, 1.807) is 47.0 Å². The zero-order chi connectivity index (χ0) is 13.8. The zero-order valence-electron chi connectivity index (χ0n) is 9.79. The van der Waals surface area contributed by atoms with Gasteiger partial charge in [-0.25, -0.2) is 0 Å². The highest BCUT2D eigenvalue weighted by molar-refractivity contribution is 8.18. The van der Waals surface area contributed by atoms with Crippen molar-refractivity contribution in [3.05, 3.63) is 17.7 Å². The predicted molar refractivity (Wildman–Crippen MR) is 97.1 cm³/mol. The van der Waals surface area contributed by atoms with Crippen LogP contribution in [0.15, 0.2) is 26.4 Å². The number of thioether (sulfide) groups is 4. The van der Waals surface area contributed by atoms with E-state index in [1.807, 2.05) is 12.5 Å². The van der Waals surface area contributed by atoms with Crippen molar-refractivity contribution in [1.82, 2.24) is 0 Å². The van der Waals surface area contributed by atoms with Crippen LogP contribution in [0, 0.1) is 0 Å². The van der Waals surface area contributed by atoms with Crippen LogP contribution in [-0.4, -0.2) is 17.6 Å². The van der Waals surface area contributed by atoms with E-state index in [0.717, 1.165) is 21.9 Å². The summed E-state index contributed by atoms with van der Waals surface area (Å²) >= 11 is 11.9. The molecule has 0 atom stereocenters. The van der Waals surface area contributed by atoms with Crippen molar-refractivity contribution in [2.24, 2.45) is 0 Å². The van der Waals surface area contributed by atoms with Crippen LogP contribution < -0.4 is 8.11 Å². The Morgan fingerprint density at radius 2 is 1.11 bits per heavy atom. The quantitative estimate of drug-likeness (QED) is 0.501. The Hall–Kier alpha value is 1.10. The summed E-state index contributed by atoms with van der Waals surface area (Å²) in [4.78, 5) is 22.7. The van der Waals surface area contributed by atoms with Gasteiger partial charge in [0.1, 0.15) is 0 Å². The van der Waals surface area contributed by atoms with Gasteiger partial charge in [0.2, 0.25) is 0 Å². The maximum absolute atomic E-state index is 11.4. The summed E-state index contributed by atoms with van der Waals surface area (Å²) in [5, 5.41) is 0.834. The van der Waals surface area contributed by atoms with Crippen LogP contribution >= 0.6 is 92.4 Å². The molecule has 2 rings (SSSR count). The predicted octanol–water partition coefficient (Wildman–Crippen LogP) is 4.94. The van der Waals surface area contributed by atoms with Gasteiger partial charge in [-0.2, -0.15) is 0 Å². The molecule has 0 aliphatic rings. The minimum absolute atomic E-state index is 0.154. The highest BCUT2D eigenvalue weighted by atomic mass is 32.2. The maximum atomic E-state index is 11.4. The van der Waals surface area contributed by atoms with Crippen molar-refractivity contribution in [2.45, 2.75) is 16.8 Å². The van der Waals surface area contributed by atoms with Crippen LogP contribution in [0.2, 0.25) is 0 Å². The van der Waals surface area contributed by atoms with Crippen molar-refractivity contribution in [3.8, 4) is 0 Å². The van der Waals surface area contributed by atoms with Crippen molar-refractivity contribution in [1.29, 1.82) is 0 Å². The second kappa shape index (κ2) is 7.92. The Balaban J connectivity index is 1.99. The van der Waals surface area contributed by atoms with E-state index in [-0.39, 0.29) is 8.11 Å². The third kappa shape index (κ3) is 4.53. The third-order valence-electron chi connectivity index (χ3n) is 1.79. The highest BCUT2D eigenvalue weighted by Gasteiger charge is 2.11. The lowest BCUT2D eigenvalue weighted by molar-refractivity contribution is 1.52. The molecule has 2 nitrogen and oxygen atoms in total. The Bertz CT molecular complexity index is 591. The van der Waals surface area contributed by atoms with Gasteiger partial charge in [-0.05, 0) is 12.5 Å². The molecule has 0 spiro atoms. The second-order valence-electron chi connectivity index (χ2n) is 2.87. The first-order valence-electron chi connectivity index (χ1n) is 4.75. The van der Waals surface area contributed by atoms with E-state index in [0.29, 0.717) is 0 Å². The van der Waals surface area contributed by atoms with Gasteiger partial charge in [0.15, 0.2) is 0 Å². The molecular formula is C9H8O2S8. The molecule has 0 N–H and O–H groups in total. The molecule has 0 fully saturated rings. The number of rotatable bonds is 6. The minimum atomic E-state index is 0.154. The lowest BCUT2D eigenvalue weighted by atomic mass is 11.1. The Labute approximate surface area is 143 Å². The van der Waals surface area contributed by atoms with Crippen LogP contribution in [-0.2, 0) is 0 Å². The topological polar surface area (TPSA) is 34.1 Å². The Kier molecular flexibility index (Phi) is 6.87. The normalized spacial score (nSPS) is 11.1. The molecule has 2 aromatic heterocycles. The number of hydrogen-bond acceptors (Lipinski definition) is 10. The molecule has 0 radical (unpaired) electrons. The zero-order valence-corrected chi connectivity index (χ0v) is 16.3. The molecule has 104 valence electrons. The van der Waals surface area contributed by atoms with Gasteiger partial charge in [0.25, 0.3) is 8.11 Å². The lowest BCUT2D eigenvalue weighted by Crippen LogP contribution is -1.75. The summed E-state index contributed by atoms with van der Waals surface area (Å²) in [5.41, 5.74) is 0. The van der Waals surface area contributed by atoms with Crippen molar-refractivity contribution < 1.29 is 0 Å². The standard InChI is InChI=1S/C9H8O2S8/c1-12-4-6(18-8(10)16-4)14-3-15-7-5(13-2)17-9(11)19-7/h3H2,1-2H3. The van der Waals surface area contributed by atoms with Crippen molar-refractivity contribution in [2.75, 3.05) is 17.6 Å². The van der Waals surface area contributed by atoms with Crippen LogP contribution in [0.1, 0.15) is 0 Å². The van der Waals surface area contributed by atoms with Crippen LogP contribution in [0.25, 0.3) is 0 Å². The first-order chi connectivity index (χ1) is 9.13. The van der Waals surface area contributed by atoms with Crippen molar-refractivity contribution >= 4 is 92.4 Å². The summed E-state index contributed by atoms with van der Waals surface area (Å²) < 4.78 is 4.71. The fourth-order valence-corrected chi connectivity index (χ4v) is 11.3. The van der Waals surface area contributed by atoms with Gasteiger partial charge in [-0.1, -0.05) is 45.3 Å². The van der Waals surface area contributed by atoms with E-state index in [2.05, 4.69) is 0 Å². The summed E-state index contributed by atoms with van der Waals surface area (Å²) in [7, 11) is 0. The molecule has 0 aliphatic carbocycles. The molecule has 19 heavy (non-hydrogen) atoms. The second-order valence-corrected chi connectivity index (χ2v) is 12.3. The molecular weight excluding hydrogens is 397 g/mol. The highest BCUT2D eigenvalue weighted by Crippen LogP contribution is 2.41. The fourth-order valence-electron chi connectivity index (χ4n) is 1.07. The average molecular weight is 405 g/mol. The summed E-state index contributed by atoms with van der Waals surface area (Å²) in [6, 6.07) is 0. The first-order valence-corrected chi connectivity index (χ1v) is 12.4. The molecule has 0 aromatic carbocycles. The van der Waals surface area contributed by atoms with E-state index in [1.165, 1.54) is 45.3 Å². The summed E-state index contributed by atoms with van der Waals surface area (Å²) in [6.07, 6.45) is 3.98. The molecule has 0 saturated carbocycles. The monoisotopic (exact) mass is 404 g/mol. The van der Waals surface area contributed by atoms with Gasteiger partial charge < -0.3 is 0 Å². The molecule has 2 aromatic rings. The van der Waals surface area contributed by atoms with Crippen molar-refractivity contribution in [3.63, 3.8) is 0 Å². The molecule has 0 amide bonds. The van der Waals surface area contributed by atoms with Crippen LogP contribution in [0.5, 0.6) is 0 Å². The van der Waals surface area contributed by atoms with E-state index >= 15 is 0 Å². The average Bonchev–Trinajstić information content (AvgIpc) is 2.92.